The van der Waals surface area contributed by atoms with Gasteiger partial charge in [-0.3, -0.25) is 9.69 Å². The number of hydrogen-bond donors (Lipinski definition) is 1. The van der Waals surface area contributed by atoms with E-state index in [-0.39, 0.29) is 12.3 Å². The van der Waals surface area contributed by atoms with Crippen LogP contribution in [0, 0.1) is 0 Å². The monoisotopic (exact) mass is 540 g/mol. The molecule has 1 aliphatic rings. The molecule has 0 bridgehead atoms. The lowest BCUT2D eigenvalue weighted by Crippen LogP contribution is -2.38. The van der Waals surface area contributed by atoms with E-state index in [1.807, 2.05) is 30.3 Å². The van der Waals surface area contributed by atoms with Crippen LogP contribution in [0.4, 0.5) is 10.5 Å². The molecule has 9 nitrogen and oxygen atoms in total. The molecule has 3 aromatic rings. The van der Waals surface area contributed by atoms with E-state index in [9.17, 15) is 9.59 Å². The SMILES string of the molecule is CC(C)(C)OC(=O)n1cc(-c2ccc(NC(=O)Cc3ccccc3Cl)c(OCCN3CCOCC3)c2)cn1. The van der Waals surface area contributed by atoms with E-state index in [1.165, 1.54) is 4.68 Å². The number of halogens is 1. The van der Waals surface area contributed by atoms with E-state index < -0.39 is 11.7 Å². The number of benzene rings is 2. The Bertz CT molecular complexity index is 1260. The topological polar surface area (TPSA) is 94.9 Å². The number of amides is 1. The fraction of sp³-hybridized carbons (Fsp3) is 0.393. The van der Waals surface area contributed by atoms with Gasteiger partial charge in [-0.2, -0.15) is 9.78 Å². The fourth-order valence-electron chi connectivity index (χ4n) is 3.92. The summed E-state index contributed by atoms with van der Waals surface area (Å²) in [5.41, 5.74) is 2.15. The van der Waals surface area contributed by atoms with Crippen molar-refractivity contribution in [2.75, 3.05) is 44.8 Å². The molecule has 0 unspecified atom stereocenters. The molecule has 1 fully saturated rings. The Hall–Kier alpha value is -3.40. The molecule has 38 heavy (non-hydrogen) atoms. The zero-order valence-electron chi connectivity index (χ0n) is 21.9. The molecule has 1 saturated heterocycles. The number of carbonyl (C=O) groups excluding carboxylic acids is 2. The Balaban J connectivity index is 1.51. The van der Waals surface area contributed by atoms with Crippen LogP contribution in [0.15, 0.2) is 54.9 Å². The van der Waals surface area contributed by atoms with Crippen molar-refractivity contribution in [1.29, 1.82) is 0 Å². The second kappa shape index (κ2) is 12.4. The largest absolute Gasteiger partial charge is 0.490 e. The van der Waals surface area contributed by atoms with Crippen LogP contribution in [0.2, 0.25) is 5.02 Å². The van der Waals surface area contributed by atoms with Gasteiger partial charge in [0.1, 0.15) is 18.0 Å². The molecule has 0 aliphatic carbocycles. The van der Waals surface area contributed by atoms with E-state index in [4.69, 9.17) is 25.8 Å². The van der Waals surface area contributed by atoms with Gasteiger partial charge in [0.15, 0.2) is 0 Å². The first-order chi connectivity index (χ1) is 18.2. The molecular formula is C28H33ClN4O5. The number of nitrogens with one attached hydrogen (secondary N) is 1. The van der Waals surface area contributed by atoms with Crippen LogP contribution in [-0.2, 0) is 20.7 Å². The molecule has 0 saturated carbocycles. The minimum absolute atomic E-state index is 0.136. The minimum atomic E-state index is -0.630. The highest BCUT2D eigenvalue weighted by Crippen LogP contribution is 2.31. The number of hydrogen-bond acceptors (Lipinski definition) is 7. The Morgan fingerprint density at radius 2 is 1.87 bits per heavy atom. The number of rotatable bonds is 8. The third kappa shape index (κ3) is 7.80. The molecule has 10 heteroatoms. The standard InChI is InChI=1S/C28H33ClN4O5/c1-28(2,3)38-27(35)33-19-22(18-30-33)20-8-9-24(31-26(34)17-21-6-4-5-7-23(21)29)25(16-20)37-15-12-32-10-13-36-14-11-32/h4-9,16,18-19H,10-15,17H2,1-3H3,(H,31,34). The molecule has 4 rings (SSSR count). The van der Waals surface area contributed by atoms with Crippen LogP contribution in [0.25, 0.3) is 11.1 Å². The van der Waals surface area contributed by atoms with Crippen molar-refractivity contribution < 1.29 is 23.8 Å². The fourth-order valence-corrected chi connectivity index (χ4v) is 4.13. The van der Waals surface area contributed by atoms with Gasteiger partial charge in [-0.05, 0) is 50.1 Å². The maximum absolute atomic E-state index is 12.8. The summed E-state index contributed by atoms with van der Waals surface area (Å²) in [6.45, 7) is 9.70. The molecule has 1 amide bonds. The van der Waals surface area contributed by atoms with Gasteiger partial charge in [-0.1, -0.05) is 35.9 Å². The third-order valence-corrected chi connectivity index (χ3v) is 6.20. The highest BCUT2D eigenvalue weighted by Gasteiger charge is 2.19. The van der Waals surface area contributed by atoms with Gasteiger partial charge in [0.2, 0.25) is 5.91 Å². The van der Waals surface area contributed by atoms with Crippen LogP contribution in [0.5, 0.6) is 5.75 Å². The number of nitrogens with zero attached hydrogens (tertiary/aromatic N) is 3. The number of aromatic nitrogens is 2. The zero-order valence-corrected chi connectivity index (χ0v) is 22.7. The predicted molar refractivity (Wildman–Crippen MR) is 146 cm³/mol. The second-order valence-electron chi connectivity index (χ2n) is 9.98. The number of carbonyl (C=O) groups is 2. The maximum Gasteiger partial charge on any atom is 0.435 e. The summed E-state index contributed by atoms with van der Waals surface area (Å²) >= 11 is 6.23. The van der Waals surface area contributed by atoms with E-state index >= 15 is 0 Å². The van der Waals surface area contributed by atoms with Crippen molar-refractivity contribution in [1.82, 2.24) is 14.7 Å². The summed E-state index contributed by atoms with van der Waals surface area (Å²) in [6, 6.07) is 12.7. The van der Waals surface area contributed by atoms with Crippen LogP contribution in [0.1, 0.15) is 26.3 Å². The lowest BCUT2D eigenvalue weighted by Gasteiger charge is -2.26. The van der Waals surface area contributed by atoms with Gasteiger partial charge in [0.05, 0.1) is 31.5 Å². The Labute approximate surface area is 227 Å². The van der Waals surface area contributed by atoms with Crippen LogP contribution < -0.4 is 10.1 Å². The van der Waals surface area contributed by atoms with Crippen molar-refractivity contribution in [3.05, 3.63) is 65.4 Å². The molecule has 202 valence electrons. The van der Waals surface area contributed by atoms with E-state index in [1.54, 1.807) is 45.3 Å². The normalized spacial score (nSPS) is 14.2. The lowest BCUT2D eigenvalue weighted by molar-refractivity contribution is -0.115. The lowest BCUT2D eigenvalue weighted by atomic mass is 10.1. The molecule has 2 heterocycles. The van der Waals surface area contributed by atoms with Gasteiger partial charge in [0, 0.05) is 36.4 Å². The van der Waals surface area contributed by atoms with Gasteiger partial charge in [-0.15, -0.1) is 0 Å². The first-order valence-corrected chi connectivity index (χ1v) is 12.9. The predicted octanol–water partition coefficient (Wildman–Crippen LogP) is 4.88. The van der Waals surface area contributed by atoms with Crippen LogP contribution in [0.3, 0.4) is 0 Å². The maximum atomic E-state index is 12.8. The van der Waals surface area contributed by atoms with Crippen LogP contribution in [-0.4, -0.2) is 71.7 Å². The van der Waals surface area contributed by atoms with E-state index in [0.717, 1.165) is 30.8 Å². The molecule has 0 atom stereocenters. The summed E-state index contributed by atoms with van der Waals surface area (Å²) < 4.78 is 18.1. The Morgan fingerprint density at radius 1 is 1.11 bits per heavy atom. The molecule has 1 aliphatic heterocycles. The smallest absolute Gasteiger partial charge is 0.435 e. The highest BCUT2D eigenvalue weighted by molar-refractivity contribution is 6.31. The van der Waals surface area contributed by atoms with Crippen molar-refractivity contribution in [2.45, 2.75) is 32.8 Å². The van der Waals surface area contributed by atoms with E-state index in [2.05, 4.69) is 15.3 Å². The average Bonchev–Trinajstić information content (AvgIpc) is 3.37. The zero-order chi connectivity index (χ0) is 27.1. The van der Waals surface area contributed by atoms with Crippen molar-refractivity contribution in [3.63, 3.8) is 0 Å². The van der Waals surface area contributed by atoms with Crippen molar-refractivity contribution in [2.24, 2.45) is 0 Å². The summed E-state index contributed by atoms with van der Waals surface area (Å²) in [7, 11) is 0. The minimum Gasteiger partial charge on any atom is -0.490 e. The number of anilines is 1. The molecular weight excluding hydrogens is 508 g/mol. The summed E-state index contributed by atoms with van der Waals surface area (Å²) in [6.07, 6.45) is 2.77. The summed E-state index contributed by atoms with van der Waals surface area (Å²) in [5, 5.41) is 7.65. The Morgan fingerprint density at radius 3 is 2.61 bits per heavy atom. The first-order valence-electron chi connectivity index (χ1n) is 12.6. The number of ether oxygens (including phenoxy) is 3. The van der Waals surface area contributed by atoms with E-state index in [0.29, 0.717) is 41.8 Å². The third-order valence-electron chi connectivity index (χ3n) is 5.83. The van der Waals surface area contributed by atoms with Gasteiger partial charge < -0.3 is 19.5 Å². The van der Waals surface area contributed by atoms with Gasteiger partial charge >= 0.3 is 6.09 Å². The molecule has 1 N–H and O–H groups in total. The molecule has 1 aromatic heterocycles. The molecule has 2 aromatic carbocycles. The number of morpholine rings is 1. The summed E-state index contributed by atoms with van der Waals surface area (Å²) in [4.78, 5) is 27.5. The Kier molecular flexibility index (Phi) is 9.04. The molecule has 0 spiro atoms. The highest BCUT2D eigenvalue weighted by atomic mass is 35.5. The van der Waals surface area contributed by atoms with Crippen LogP contribution >= 0.6 is 11.6 Å². The first kappa shape index (κ1) is 27.6. The quantitative estimate of drug-likeness (QED) is 0.435. The van der Waals surface area contributed by atoms with Gasteiger partial charge in [-0.25, -0.2) is 4.79 Å². The second-order valence-corrected chi connectivity index (χ2v) is 10.4. The van der Waals surface area contributed by atoms with Gasteiger partial charge in [0.25, 0.3) is 0 Å². The molecule has 0 radical (unpaired) electrons. The van der Waals surface area contributed by atoms with Crippen molar-refractivity contribution in [3.8, 4) is 16.9 Å². The van der Waals surface area contributed by atoms with Crippen molar-refractivity contribution >= 4 is 29.3 Å². The average molecular weight is 541 g/mol. The summed E-state index contributed by atoms with van der Waals surface area (Å²) in [5.74, 6) is 0.315.